The van der Waals surface area contributed by atoms with Gasteiger partial charge in [0.25, 0.3) is 0 Å². The van der Waals surface area contributed by atoms with Crippen LogP contribution in [-0.2, 0) is 4.79 Å². The molecule has 6 nitrogen and oxygen atoms in total. The maximum Gasteiger partial charge on any atom is 0.224 e. The van der Waals surface area contributed by atoms with E-state index in [1.165, 1.54) is 0 Å². The topological polar surface area (TPSA) is 72.7 Å². The summed E-state index contributed by atoms with van der Waals surface area (Å²) >= 11 is 1.54. The summed E-state index contributed by atoms with van der Waals surface area (Å²) < 4.78 is 1.70. The minimum atomic E-state index is 0.0180. The molecule has 3 rings (SSSR count). The van der Waals surface area contributed by atoms with Gasteiger partial charge in [-0.05, 0) is 41.1 Å². The van der Waals surface area contributed by atoms with Gasteiger partial charge in [-0.2, -0.15) is 4.68 Å². The zero-order valence-electron chi connectivity index (χ0n) is 13.0. The van der Waals surface area contributed by atoms with E-state index in [1.54, 1.807) is 16.4 Å². The van der Waals surface area contributed by atoms with E-state index in [-0.39, 0.29) is 5.91 Å². The van der Waals surface area contributed by atoms with Gasteiger partial charge in [0.05, 0.1) is 5.69 Å². The van der Waals surface area contributed by atoms with Gasteiger partial charge in [-0.25, -0.2) is 0 Å². The first-order chi connectivity index (χ1) is 11.8. The second-order valence-electron chi connectivity index (χ2n) is 5.08. The highest BCUT2D eigenvalue weighted by Crippen LogP contribution is 2.19. The predicted octanol–water partition coefficient (Wildman–Crippen LogP) is 3.17. The van der Waals surface area contributed by atoms with Gasteiger partial charge in [0.15, 0.2) is 0 Å². The molecule has 0 aliphatic carbocycles. The third-order valence-electron chi connectivity index (χ3n) is 3.28. The number of amides is 1. The van der Waals surface area contributed by atoms with Crippen molar-refractivity contribution >= 4 is 23.4 Å². The molecule has 24 heavy (non-hydrogen) atoms. The normalized spacial score (nSPS) is 10.5. The molecule has 0 fully saturated rings. The van der Waals surface area contributed by atoms with Crippen LogP contribution in [0, 0.1) is 0 Å². The van der Waals surface area contributed by atoms with Crippen molar-refractivity contribution in [2.45, 2.75) is 18.0 Å². The Kier molecular flexibility index (Phi) is 5.57. The zero-order valence-corrected chi connectivity index (χ0v) is 13.8. The van der Waals surface area contributed by atoms with E-state index >= 15 is 0 Å². The Balaban J connectivity index is 1.46. The summed E-state index contributed by atoms with van der Waals surface area (Å²) in [6.07, 6.45) is 1.22. The van der Waals surface area contributed by atoms with Crippen LogP contribution in [0.2, 0.25) is 0 Å². The Labute approximate surface area is 144 Å². The molecule has 1 heterocycles. The molecule has 0 atom stereocenters. The number of hydrogen-bond acceptors (Lipinski definition) is 5. The van der Waals surface area contributed by atoms with Crippen LogP contribution in [0.4, 0.5) is 5.69 Å². The van der Waals surface area contributed by atoms with E-state index in [9.17, 15) is 4.79 Å². The Hall–Kier alpha value is -2.67. The number of nitrogens with one attached hydrogen (secondary N) is 1. The van der Waals surface area contributed by atoms with Crippen molar-refractivity contribution < 1.29 is 4.79 Å². The zero-order chi connectivity index (χ0) is 16.6. The molecule has 0 radical (unpaired) electrons. The average Bonchev–Trinajstić information content (AvgIpc) is 3.09. The summed E-state index contributed by atoms with van der Waals surface area (Å²) in [6, 6.07) is 19.2. The number of nitrogens with zero attached hydrogens (tertiary/aromatic N) is 4. The first-order valence-electron chi connectivity index (χ1n) is 7.64. The van der Waals surface area contributed by atoms with Crippen LogP contribution < -0.4 is 5.32 Å². The number of carbonyl (C=O) groups is 1. The molecule has 1 amide bonds. The molecular formula is C17H17N5OS. The molecule has 0 aliphatic rings. The van der Waals surface area contributed by atoms with Crippen LogP contribution in [0.25, 0.3) is 5.69 Å². The standard InChI is InChI=1S/C17H17N5OS/c23-16(18-14-8-3-1-4-9-14)12-7-13-24-17-19-20-21-22(17)15-10-5-2-6-11-15/h1-6,8-11H,7,12-13H2,(H,18,23). The van der Waals surface area contributed by atoms with Crippen molar-refractivity contribution in [3.05, 3.63) is 60.7 Å². The summed E-state index contributed by atoms with van der Waals surface area (Å²) in [5.74, 6) is 0.791. The fraction of sp³-hybridized carbons (Fsp3) is 0.176. The van der Waals surface area contributed by atoms with Crippen molar-refractivity contribution in [2.75, 3.05) is 11.1 Å². The lowest BCUT2D eigenvalue weighted by molar-refractivity contribution is -0.116. The van der Waals surface area contributed by atoms with Crippen LogP contribution in [0.1, 0.15) is 12.8 Å². The number of thioether (sulfide) groups is 1. The lowest BCUT2D eigenvalue weighted by Gasteiger charge is -2.05. The Morgan fingerprint density at radius 2 is 1.75 bits per heavy atom. The molecule has 0 bridgehead atoms. The number of aromatic nitrogens is 4. The van der Waals surface area contributed by atoms with E-state index in [1.807, 2.05) is 60.7 Å². The van der Waals surface area contributed by atoms with Crippen molar-refractivity contribution in [2.24, 2.45) is 0 Å². The summed E-state index contributed by atoms with van der Waals surface area (Å²) in [6.45, 7) is 0. The summed E-state index contributed by atoms with van der Waals surface area (Å²) in [7, 11) is 0. The molecule has 0 saturated heterocycles. The maximum absolute atomic E-state index is 11.9. The number of para-hydroxylation sites is 2. The highest BCUT2D eigenvalue weighted by molar-refractivity contribution is 7.99. The van der Waals surface area contributed by atoms with Gasteiger partial charge in [0, 0.05) is 17.9 Å². The second-order valence-corrected chi connectivity index (χ2v) is 6.14. The molecule has 1 aromatic heterocycles. The number of rotatable bonds is 7. The smallest absolute Gasteiger partial charge is 0.224 e. The van der Waals surface area contributed by atoms with E-state index in [0.29, 0.717) is 6.42 Å². The predicted molar refractivity (Wildman–Crippen MR) is 94.2 cm³/mol. The number of anilines is 1. The summed E-state index contributed by atoms with van der Waals surface area (Å²) in [5.41, 5.74) is 1.75. The highest BCUT2D eigenvalue weighted by Gasteiger charge is 2.09. The fourth-order valence-electron chi connectivity index (χ4n) is 2.14. The largest absolute Gasteiger partial charge is 0.326 e. The summed E-state index contributed by atoms with van der Waals surface area (Å²) in [4.78, 5) is 11.9. The average molecular weight is 339 g/mol. The van der Waals surface area contributed by atoms with E-state index in [4.69, 9.17) is 0 Å². The molecule has 3 aromatic rings. The Morgan fingerprint density at radius 3 is 2.50 bits per heavy atom. The minimum absolute atomic E-state index is 0.0180. The van der Waals surface area contributed by atoms with E-state index < -0.39 is 0 Å². The lowest BCUT2D eigenvalue weighted by atomic mass is 10.3. The molecule has 0 unspecified atom stereocenters. The summed E-state index contributed by atoms with van der Waals surface area (Å²) in [5, 5.41) is 15.4. The van der Waals surface area contributed by atoms with Crippen molar-refractivity contribution in [3.8, 4) is 5.69 Å². The van der Waals surface area contributed by atoms with Gasteiger partial charge < -0.3 is 5.32 Å². The van der Waals surface area contributed by atoms with Crippen molar-refractivity contribution in [1.82, 2.24) is 20.2 Å². The van der Waals surface area contributed by atoms with Gasteiger partial charge in [0.1, 0.15) is 0 Å². The number of hydrogen-bond donors (Lipinski definition) is 1. The quantitative estimate of drug-likeness (QED) is 0.529. The first kappa shape index (κ1) is 16.2. The first-order valence-corrected chi connectivity index (χ1v) is 8.63. The van der Waals surface area contributed by atoms with E-state index in [2.05, 4.69) is 20.8 Å². The van der Waals surface area contributed by atoms with E-state index in [0.717, 1.165) is 28.7 Å². The molecule has 7 heteroatoms. The monoisotopic (exact) mass is 339 g/mol. The Bertz CT molecular complexity index is 776. The molecule has 122 valence electrons. The van der Waals surface area contributed by atoms with Gasteiger partial charge in [-0.15, -0.1) is 5.10 Å². The fourth-order valence-corrected chi connectivity index (χ4v) is 2.97. The third-order valence-corrected chi connectivity index (χ3v) is 4.28. The van der Waals surface area contributed by atoms with Gasteiger partial charge in [-0.1, -0.05) is 48.2 Å². The maximum atomic E-state index is 11.9. The van der Waals surface area contributed by atoms with Crippen LogP contribution in [0.15, 0.2) is 65.8 Å². The molecule has 2 aromatic carbocycles. The van der Waals surface area contributed by atoms with Crippen LogP contribution in [-0.4, -0.2) is 31.9 Å². The van der Waals surface area contributed by atoms with Gasteiger partial charge in [-0.3, -0.25) is 4.79 Å². The minimum Gasteiger partial charge on any atom is -0.326 e. The SMILES string of the molecule is O=C(CCCSc1nnnn1-c1ccccc1)Nc1ccccc1. The van der Waals surface area contributed by atoms with Crippen molar-refractivity contribution in [1.29, 1.82) is 0 Å². The third kappa shape index (κ3) is 4.42. The Morgan fingerprint density at radius 1 is 1.04 bits per heavy atom. The number of carbonyl (C=O) groups excluding carboxylic acids is 1. The number of tetrazole rings is 1. The van der Waals surface area contributed by atoms with Gasteiger partial charge >= 0.3 is 0 Å². The molecular weight excluding hydrogens is 322 g/mol. The molecule has 0 saturated carbocycles. The molecule has 1 N–H and O–H groups in total. The molecule has 0 spiro atoms. The van der Waals surface area contributed by atoms with Crippen LogP contribution in [0.5, 0.6) is 0 Å². The number of benzene rings is 2. The lowest BCUT2D eigenvalue weighted by Crippen LogP contribution is -2.11. The molecule has 0 aliphatic heterocycles. The van der Waals surface area contributed by atoms with Crippen molar-refractivity contribution in [3.63, 3.8) is 0 Å². The highest BCUT2D eigenvalue weighted by atomic mass is 32.2. The second kappa shape index (κ2) is 8.26. The van der Waals surface area contributed by atoms with Gasteiger partial charge in [0.2, 0.25) is 11.1 Å². The van der Waals surface area contributed by atoms with Crippen LogP contribution >= 0.6 is 11.8 Å². The van der Waals surface area contributed by atoms with Crippen LogP contribution in [0.3, 0.4) is 0 Å².